The Morgan fingerprint density at radius 1 is 1.32 bits per heavy atom. The molecule has 0 aliphatic heterocycles. The smallest absolute Gasteiger partial charge is 0.341 e. The summed E-state index contributed by atoms with van der Waals surface area (Å²) in [4.78, 5) is 9.88. The Morgan fingerprint density at radius 2 is 1.84 bits per heavy atom. The van der Waals surface area contributed by atoms with Crippen molar-refractivity contribution in [1.29, 1.82) is 0 Å². The van der Waals surface area contributed by atoms with Crippen molar-refractivity contribution in [1.82, 2.24) is 4.31 Å². The highest BCUT2D eigenvalue weighted by atomic mass is 32.2. The van der Waals surface area contributed by atoms with Gasteiger partial charge in [0.2, 0.25) is 10.0 Å². The van der Waals surface area contributed by atoms with Crippen molar-refractivity contribution in [2.24, 2.45) is 0 Å². The molecule has 0 fully saturated rings. The van der Waals surface area contributed by atoms with Gasteiger partial charge in [0, 0.05) is 13.1 Å². The van der Waals surface area contributed by atoms with Crippen molar-refractivity contribution in [3.05, 3.63) is 29.3 Å². The van der Waals surface area contributed by atoms with E-state index in [0.717, 1.165) is 4.31 Å². The van der Waals surface area contributed by atoms with Crippen molar-refractivity contribution in [3.63, 3.8) is 0 Å². The van der Waals surface area contributed by atoms with Gasteiger partial charge in [-0.05, 0) is 26.0 Å². The van der Waals surface area contributed by atoms with Crippen LogP contribution in [-0.4, -0.2) is 36.9 Å². The molecule has 0 aliphatic rings. The minimum Gasteiger partial charge on any atom is -0.477 e. The monoisotopic (exact) mass is 293 g/mol. The van der Waals surface area contributed by atoms with Crippen molar-refractivity contribution >= 4 is 16.0 Å². The first-order valence-corrected chi connectivity index (χ1v) is 6.74. The molecule has 1 N–H and O–H groups in total. The summed E-state index contributed by atoms with van der Waals surface area (Å²) in [5.41, 5.74) is -1.28. The molecule has 1 rings (SSSR count). The Labute approximate surface area is 109 Å². The van der Waals surface area contributed by atoms with Crippen molar-refractivity contribution < 1.29 is 27.1 Å². The molecule has 0 radical (unpaired) electrons. The van der Waals surface area contributed by atoms with Crippen LogP contribution in [0.25, 0.3) is 0 Å². The van der Waals surface area contributed by atoms with Crippen LogP contribution in [0.3, 0.4) is 0 Å². The molecule has 8 heteroatoms. The summed E-state index contributed by atoms with van der Waals surface area (Å²) in [6.07, 6.45) is 0. The molecule has 0 atom stereocenters. The van der Waals surface area contributed by atoms with Gasteiger partial charge in [0.05, 0.1) is 0 Å². The first-order chi connectivity index (χ1) is 8.60. The lowest BCUT2D eigenvalue weighted by Gasteiger charge is -2.21. The van der Waals surface area contributed by atoms with Crippen molar-refractivity contribution in [2.45, 2.75) is 24.8 Å². The van der Waals surface area contributed by atoms with Crippen LogP contribution >= 0.6 is 0 Å². The molecule has 106 valence electrons. The van der Waals surface area contributed by atoms with Crippen LogP contribution in [0.5, 0.6) is 0 Å². The van der Waals surface area contributed by atoms with Crippen LogP contribution in [0.1, 0.15) is 24.2 Å². The fourth-order valence-corrected chi connectivity index (χ4v) is 2.80. The van der Waals surface area contributed by atoms with Gasteiger partial charge in [-0.2, -0.15) is 4.31 Å². The van der Waals surface area contributed by atoms with Gasteiger partial charge in [-0.1, -0.05) is 0 Å². The number of carbonyl (C=O) groups is 1. The second-order valence-electron chi connectivity index (χ2n) is 4.15. The Hall–Kier alpha value is -1.54. The number of carboxylic acids is 1. The van der Waals surface area contributed by atoms with Gasteiger partial charge in [0.15, 0.2) is 5.82 Å². The Morgan fingerprint density at radius 3 is 2.26 bits per heavy atom. The highest BCUT2D eigenvalue weighted by molar-refractivity contribution is 7.89. The van der Waals surface area contributed by atoms with E-state index in [0.29, 0.717) is 12.1 Å². The molecule has 1 aromatic rings. The molecule has 0 spiro atoms. The lowest BCUT2D eigenvalue weighted by atomic mass is 10.2. The lowest BCUT2D eigenvalue weighted by Crippen LogP contribution is -2.34. The first-order valence-electron chi connectivity index (χ1n) is 5.30. The second-order valence-corrected chi connectivity index (χ2v) is 6.12. The van der Waals surface area contributed by atoms with Gasteiger partial charge in [-0.15, -0.1) is 0 Å². The molecule has 0 aliphatic carbocycles. The van der Waals surface area contributed by atoms with E-state index in [2.05, 4.69) is 0 Å². The van der Waals surface area contributed by atoms with Crippen molar-refractivity contribution in [3.8, 4) is 0 Å². The van der Waals surface area contributed by atoms with E-state index < -0.39 is 44.1 Å². The normalized spacial score (nSPS) is 12.2. The van der Waals surface area contributed by atoms with Gasteiger partial charge >= 0.3 is 5.97 Å². The molecule has 0 aromatic heterocycles. The number of sulfonamides is 1. The quantitative estimate of drug-likeness (QED) is 0.916. The molecule has 5 nitrogen and oxygen atoms in total. The molecule has 0 saturated heterocycles. The molecule has 0 unspecified atom stereocenters. The number of rotatable bonds is 4. The average Bonchev–Trinajstić information content (AvgIpc) is 2.26. The molecule has 0 bridgehead atoms. The van der Waals surface area contributed by atoms with E-state index in [4.69, 9.17) is 5.11 Å². The third-order valence-corrected chi connectivity index (χ3v) is 4.70. The summed E-state index contributed by atoms with van der Waals surface area (Å²) in [5.74, 6) is -4.78. The molecule has 0 heterocycles. The van der Waals surface area contributed by atoms with E-state index in [1.165, 1.54) is 7.05 Å². The second kappa shape index (κ2) is 5.22. The number of hydrogen-bond donors (Lipinski definition) is 1. The van der Waals surface area contributed by atoms with E-state index in [1.54, 1.807) is 13.8 Å². The van der Waals surface area contributed by atoms with Crippen LogP contribution in [0, 0.1) is 11.6 Å². The summed E-state index contributed by atoms with van der Waals surface area (Å²) in [5, 5.41) is 8.70. The molecule has 0 saturated carbocycles. The Balaban J connectivity index is 3.54. The average molecular weight is 293 g/mol. The molecule has 0 amide bonds. The number of aromatic carboxylic acids is 1. The van der Waals surface area contributed by atoms with Crippen LogP contribution in [0.2, 0.25) is 0 Å². The third-order valence-electron chi connectivity index (χ3n) is 2.65. The summed E-state index contributed by atoms with van der Waals surface area (Å²) in [6, 6.07) is 0.876. The van der Waals surface area contributed by atoms with E-state index >= 15 is 0 Å². The molecular weight excluding hydrogens is 280 g/mol. The Kier molecular flexibility index (Phi) is 4.26. The number of benzene rings is 1. The maximum atomic E-state index is 13.9. The minimum absolute atomic E-state index is 0.456. The van der Waals surface area contributed by atoms with E-state index in [9.17, 15) is 22.0 Å². The number of carboxylic acid groups (broad SMARTS) is 1. The lowest BCUT2D eigenvalue weighted by molar-refractivity contribution is 0.0685. The zero-order chi connectivity index (χ0) is 15.0. The van der Waals surface area contributed by atoms with Gasteiger partial charge in [0.25, 0.3) is 0 Å². The predicted molar refractivity (Wildman–Crippen MR) is 63.4 cm³/mol. The van der Waals surface area contributed by atoms with E-state index in [1.807, 2.05) is 0 Å². The van der Waals surface area contributed by atoms with Crippen LogP contribution in [0.4, 0.5) is 8.78 Å². The van der Waals surface area contributed by atoms with Gasteiger partial charge in [0.1, 0.15) is 16.3 Å². The third kappa shape index (κ3) is 2.74. The standard InChI is InChI=1S/C11H13F2NO4S/c1-6(2)14(3)19(17,18)8-5-4-7(12)9(10(8)13)11(15)16/h4-6H,1-3H3,(H,15,16). The van der Waals surface area contributed by atoms with Gasteiger partial charge in [-0.3, -0.25) is 0 Å². The van der Waals surface area contributed by atoms with Crippen LogP contribution in [0.15, 0.2) is 17.0 Å². The topological polar surface area (TPSA) is 74.7 Å². The first kappa shape index (κ1) is 15.5. The molecule has 19 heavy (non-hydrogen) atoms. The summed E-state index contributed by atoms with van der Waals surface area (Å²) < 4.78 is 52.0. The SMILES string of the molecule is CC(C)N(C)S(=O)(=O)c1ccc(F)c(C(=O)O)c1F. The van der Waals surface area contributed by atoms with E-state index in [-0.39, 0.29) is 0 Å². The predicted octanol–water partition coefficient (Wildman–Crippen LogP) is 1.69. The summed E-state index contributed by atoms with van der Waals surface area (Å²) in [6.45, 7) is 3.13. The van der Waals surface area contributed by atoms with Crippen LogP contribution in [-0.2, 0) is 10.0 Å². The number of nitrogens with zero attached hydrogens (tertiary/aromatic N) is 1. The number of hydrogen-bond acceptors (Lipinski definition) is 3. The fourth-order valence-electron chi connectivity index (χ4n) is 1.36. The molecular formula is C11H13F2NO4S. The van der Waals surface area contributed by atoms with Gasteiger partial charge in [-0.25, -0.2) is 22.0 Å². The summed E-state index contributed by atoms with van der Waals surface area (Å²) in [7, 11) is -2.99. The highest BCUT2D eigenvalue weighted by Gasteiger charge is 2.30. The highest BCUT2D eigenvalue weighted by Crippen LogP contribution is 2.24. The maximum absolute atomic E-state index is 13.9. The minimum atomic E-state index is -4.21. The zero-order valence-corrected chi connectivity index (χ0v) is 11.3. The Bertz CT molecular complexity index is 613. The summed E-state index contributed by atoms with van der Waals surface area (Å²) >= 11 is 0. The van der Waals surface area contributed by atoms with Gasteiger partial charge < -0.3 is 5.11 Å². The maximum Gasteiger partial charge on any atom is 0.341 e. The largest absolute Gasteiger partial charge is 0.477 e. The number of halogens is 2. The van der Waals surface area contributed by atoms with Crippen molar-refractivity contribution in [2.75, 3.05) is 7.05 Å². The zero-order valence-electron chi connectivity index (χ0n) is 10.5. The fraction of sp³-hybridized carbons (Fsp3) is 0.364. The molecule has 1 aromatic carbocycles. The van der Waals surface area contributed by atoms with Crippen LogP contribution < -0.4 is 0 Å².